The van der Waals surface area contributed by atoms with Gasteiger partial charge < -0.3 is 16.2 Å². The quantitative estimate of drug-likeness (QED) is 0.549. The van der Waals surface area contributed by atoms with Crippen LogP contribution in [0.4, 0.5) is 0 Å². The maximum absolute atomic E-state index is 12.0. The molecule has 1 aromatic heterocycles. The molecule has 0 fully saturated rings. The van der Waals surface area contributed by atoms with Crippen LogP contribution in [-0.4, -0.2) is 39.1 Å². The standard InChI is InChI=1S/C11H16N4O4/c1-5-9(6(2)15-14-5)10(17)13-7(11(18)19)3-4-8(12)16/h7H,3-4H2,1-2H3,(H2,12,16)(H,13,17)(H,14,15)(H,18,19)/t7-/m1/s1. The predicted octanol–water partition coefficient (Wildman–Crippen LogP) is -0.525. The van der Waals surface area contributed by atoms with Gasteiger partial charge in [0.1, 0.15) is 6.04 Å². The average Bonchev–Trinajstić information content (AvgIpc) is 2.63. The Kier molecular flexibility index (Phi) is 4.62. The Morgan fingerprint density at radius 1 is 1.42 bits per heavy atom. The summed E-state index contributed by atoms with van der Waals surface area (Å²) in [5.41, 5.74) is 6.30. The van der Waals surface area contributed by atoms with Gasteiger partial charge in [-0.05, 0) is 20.3 Å². The number of hydrogen-bond acceptors (Lipinski definition) is 4. The van der Waals surface area contributed by atoms with Crippen LogP contribution in [0.2, 0.25) is 0 Å². The van der Waals surface area contributed by atoms with Crippen molar-refractivity contribution in [2.45, 2.75) is 32.7 Å². The van der Waals surface area contributed by atoms with Gasteiger partial charge in [-0.3, -0.25) is 14.7 Å². The maximum Gasteiger partial charge on any atom is 0.326 e. The Labute approximate surface area is 109 Å². The van der Waals surface area contributed by atoms with E-state index in [4.69, 9.17) is 10.8 Å². The number of aryl methyl sites for hydroxylation is 2. The molecule has 0 aromatic carbocycles. The monoisotopic (exact) mass is 268 g/mol. The number of hydrogen-bond donors (Lipinski definition) is 4. The number of carboxylic acids is 1. The molecule has 8 heteroatoms. The number of primary amides is 1. The molecule has 0 spiro atoms. The third-order valence-electron chi connectivity index (χ3n) is 2.64. The second-order valence-electron chi connectivity index (χ2n) is 4.18. The average molecular weight is 268 g/mol. The topological polar surface area (TPSA) is 138 Å². The van der Waals surface area contributed by atoms with Gasteiger partial charge in [0, 0.05) is 12.1 Å². The Balaban J connectivity index is 2.77. The highest BCUT2D eigenvalue weighted by atomic mass is 16.4. The van der Waals surface area contributed by atoms with E-state index in [1.54, 1.807) is 13.8 Å². The van der Waals surface area contributed by atoms with E-state index in [1.807, 2.05) is 0 Å². The Bertz CT molecular complexity index is 489. The van der Waals surface area contributed by atoms with Crippen LogP contribution in [0.1, 0.15) is 34.6 Å². The highest BCUT2D eigenvalue weighted by Gasteiger charge is 2.23. The van der Waals surface area contributed by atoms with Crippen molar-refractivity contribution >= 4 is 17.8 Å². The smallest absolute Gasteiger partial charge is 0.326 e. The molecule has 0 saturated heterocycles. The van der Waals surface area contributed by atoms with Gasteiger partial charge in [-0.2, -0.15) is 5.10 Å². The third kappa shape index (κ3) is 3.80. The molecule has 1 rings (SSSR count). The number of aliphatic carboxylic acids is 1. The van der Waals surface area contributed by atoms with Crippen LogP contribution < -0.4 is 11.1 Å². The van der Waals surface area contributed by atoms with Crippen molar-refractivity contribution in [2.24, 2.45) is 5.73 Å². The van der Waals surface area contributed by atoms with E-state index >= 15 is 0 Å². The van der Waals surface area contributed by atoms with Crippen molar-refractivity contribution in [3.8, 4) is 0 Å². The first-order valence-corrected chi connectivity index (χ1v) is 5.66. The van der Waals surface area contributed by atoms with Gasteiger partial charge in [0.25, 0.3) is 5.91 Å². The first-order valence-electron chi connectivity index (χ1n) is 5.66. The van der Waals surface area contributed by atoms with Gasteiger partial charge in [0.15, 0.2) is 0 Å². The highest BCUT2D eigenvalue weighted by molar-refractivity contribution is 5.98. The number of H-pyrrole nitrogens is 1. The zero-order valence-corrected chi connectivity index (χ0v) is 10.7. The number of rotatable bonds is 6. The second kappa shape index (κ2) is 5.98. The highest BCUT2D eigenvalue weighted by Crippen LogP contribution is 2.10. The molecule has 19 heavy (non-hydrogen) atoms. The number of carboxylic acid groups (broad SMARTS) is 1. The van der Waals surface area contributed by atoms with Crippen molar-refractivity contribution in [3.63, 3.8) is 0 Å². The fourth-order valence-corrected chi connectivity index (χ4v) is 1.66. The van der Waals surface area contributed by atoms with Gasteiger partial charge in [-0.25, -0.2) is 4.79 Å². The van der Waals surface area contributed by atoms with Gasteiger partial charge in [0.2, 0.25) is 5.91 Å². The summed E-state index contributed by atoms with van der Waals surface area (Å²) in [6, 6.07) is -1.16. The zero-order chi connectivity index (χ0) is 14.6. The van der Waals surface area contributed by atoms with E-state index in [0.717, 1.165) is 0 Å². The molecule has 8 nitrogen and oxygen atoms in total. The van der Waals surface area contributed by atoms with Crippen LogP contribution in [-0.2, 0) is 9.59 Å². The van der Waals surface area contributed by atoms with E-state index < -0.39 is 23.8 Å². The summed E-state index contributed by atoms with van der Waals surface area (Å²) >= 11 is 0. The number of amides is 2. The number of aromatic nitrogens is 2. The molecule has 0 aliphatic carbocycles. The molecular formula is C11H16N4O4. The molecule has 0 unspecified atom stereocenters. The SMILES string of the molecule is Cc1n[nH]c(C)c1C(=O)N[C@H](CCC(N)=O)C(=O)O. The van der Waals surface area contributed by atoms with E-state index in [1.165, 1.54) is 0 Å². The van der Waals surface area contributed by atoms with Crippen LogP contribution in [0.3, 0.4) is 0 Å². The number of carbonyl (C=O) groups excluding carboxylic acids is 2. The van der Waals surface area contributed by atoms with Gasteiger partial charge in [-0.1, -0.05) is 0 Å². The van der Waals surface area contributed by atoms with Crippen molar-refractivity contribution in [3.05, 3.63) is 17.0 Å². The van der Waals surface area contributed by atoms with Gasteiger partial charge in [0.05, 0.1) is 11.3 Å². The third-order valence-corrected chi connectivity index (χ3v) is 2.64. The molecule has 1 atom stereocenters. The van der Waals surface area contributed by atoms with E-state index in [2.05, 4.69) is 15.5 Å². The first kappa shape index (κ1) is 14.7. The number of nitrogens with one attached hydrogen (secondary N) is 2. The minimum Gasteiger partial charge on any atom is -0.480 e. The molecule has 1 heterocycles. The van der Waals surface area contributed by atoms with E-state index in [0.29, 0.717) is 17.0 Å². The van der Waals surface area contributed by atoms with Crippen molar-refractivity contribution in [1.29, 1.82) is 0 Å². The summed E-state index contributed by atoms with van der Waals surface area (Å²) in [5.74, 6) is -2.37. The summed E-state index contributed by atoms with van der Waals surface area (Å²) in [6.45, 7) is 3.30. The molecule has 2 amide bonds. The molecule has 0 saturated carbocycles. The Hall–Kier alpha value is -2.38. The summed E-state index contributed by atoms with van der Waals surface area (Å²) in [6.07, 6.45) is -0.160. The predicted molar refractivity (Wildman–Crippen MR) is 65.4 cm³/mol. The van der Waals surface area contributed by atoms with Crippen molar-refractivity contribution in [1.82, 2.24) is 15.5 Å². The molecule has 0 aliphatic heterocycles. The lowest BCUT2D eigenvalue weighted by molar-refractivity contribution is -0.139. The minimum absolute atomic E-state index is 0.0493. The minimum atomic E-state index is -1.21. The molecule has 1 aromatic rings. The van der Waals surface area contributed by atoms with Crippen LogP contribution >= 0.6 is 0 Å². The Morgan fingerprint density at radius 3 is 2.47 bits per heavy atom. The van der Waals surface area contributed by atoms with Crippen molar-refractivity contribution in [2.75, 3.05) is 0 Å². The summed E-state index contributed by atoms with van der Waals surface area (Å²) in [4.78, 5) is 33.6. The normalized spacial score (nSPS) is 11.9. The fourth-order valence-electron chi connectivity index (χ4n) is 1.66. The van der Waals surface area contributed by atoms with E-state index in [9.17, 15) is 14.4 Å². The maximum atomic E-state index is 12.0. The molecule has 5 N–H and O–H groups in total. The molecule has 0 aliphatic rings. The van der Waals surface area contributed by atoms with Crippen LogP contribution in [0.5, 0.6) is 0 Å². The molecule has 0 bridgehead atoms. The van der Waals surface area contributed by atoms with E-state index in [-0.39, 0.29) is 12.8 Å². The van der Waals surface area contributed by atoms with Crippen LogP contribution in [0.15, 0.2) is 0 Å². The molecule has 0 radical (unpaired) electrons. The second-order valence-corrected chi connectivity index (χ2v) is 4.18. The fraction of sp³-hybridized carbons (Fsp3) is 0.455. The first-order chi connectivity index (χ1) is 8.82. The lowest BCUT2D eigenvalue weighted by Gasteiger charge is -2.13. The molecule has 104 valence electrons. The summed E-state index contributed by atoms with van der Waals surface area (Å²) in [5, 5.41) is 17.8. The number of nitrogens with zero attached hydrogens (tertiary/aromatic N) is 1. The summed E-state index contributed by atoms with van der Waals surface area (Å²) < 4.78 is 0. The lowest BCUT2D eigenvalue weighted by atomic mass is 10.1. The van der Waals surface area contributed by atoms with Crippen LogP contribution in [0, 0.1) is 13.8 Å². The van der Waals surface area contributed by atoms with Gasteiger partial charge in [-0.15, -0.1) is 0 Å². The van der Waals surface area contributed by atoms with Crippen LogP contribution in [0.25, 0.3) is 0 Å². The lowest BCUT2D eigenvalue weighted by Crippen LogP contribution is -2.41. The zero-order valence-electron chi connectivity index (χ0n) is 10.7. The largest absolute Gasteiger partial charge is 0.480 e. The summed E-state index contributed by atoms with van der Waals surface area (Å²) in [7, 11) is 0. The van der Waals surface area contributed by atoms with Crippen molar-refractivity contribution < 1.29 is 19.5 Å². The Morgan fingerprint density at radius 2 is 2.05 bits per heavy atom. The number of nitrogens with two attached hydrogens (primary N) is 1. The number of carbonyl (C=O) groups is 3. The van der Waals surface area contributed by atoms with Gasteiger partial charge >= 0.3 is 5.97 Å². The number of aromatic amines is 1. The molecular weight excluding hydrogens is 252 g/mol.